The normalized spacial score (nSPS) is 29.4. The van der Waals surface area contributed by atoms with Crippen molar-refractivity contribution in [2.24, 2.45) is 11.8 Å². The number of carbonyl (C=O) groups is 4. The van der Waals surface area contributed by atoms with Crippen molar-refractivity contribution in [2.45, 2.75) is 31.3 Å². The minimum absolute atomic E-state index is 0.233. The second-order valence-electron chi connectivity index (χ2n) is 9.10. The van der Waals surface area contributed by atoms with Gasteiger partial charge in [-0.25, -0.2) is 14.1 Å². The Labute approximate surface area is 194 Å². The van der Waals surface area contributed by atoms with Crippen LogP contribution in [0.5, 0.6) is 0 Å². The lowest BCUT2D eigenvalue weighted by Crippen LogP contribution is -2.54. The SMILES string of the molecule is CCOC(=O)c1ccc(N2C(=O)[C@@H]3[C@@H](C2=O)[C@]2(C(=O)Nc4ccc(F)cc42)N2CCC[C@@H]32)cc1. The van der Waals surface area contributed by atoms with Gasteiger partial charge in [-0.05, 0) is 68.8 Å². The fourth-order valence-electron chi connectivity index (χ4n) is 6.39. The lowest BCUT2D eigenvalue weighted by Gasteiger charge is -2.36. The highest BCUT2D eigenvalue weighted by atomic mass is 19.1. The van der Waals surface area contributed by atoms with Crippen molar-refractivity contribution in [3.63, 3.8) is 0 Å². The molecule has 0 aromatic heterocycles. The number of halogens is 1. The number of benzene rings is 2. The first kappa shape index (κ1) is 21.0. The Morgan fingerprint density at radius 1 is 1.15 bits per heavy atom. The van der Waals surface area contributed by atoms with Crippen LogP contribution in [0.2, 0.25) is 0 Å². The molecule has 2 aromatic rings. The molecule has 8 nitrogen and oxygen atoms in total. The Bertz CT molecular complexity index is 1260. The van der Waals surface area contributed by atoms with Gasteiger partial charge in [0.05, 0.1) is 29.7 Å². The molecule has 3 saturated heterocycles. The number of amides is 3. The molecular formula is C25H22FN3O5. The number of nitrogens with zero attached hydrogens (tertiary/aromatic N) is 2. The molecule has 0 unspecified atom stereocenters. The predicted molar refractivity (Wildman–Crippen MR) is 118 cm³/mol. The number of rotatable bonds is 3. The van der Waals surface area contributed by atoms with Gasteiger partial charge in [0.25, 0.3) is 0 Å². The second kappa shape index (κ2) is 7.20. The Balaban J connectivity index is 1.45. The zero-order valence-corrected chi connectivity index (χ0v) is 18.4. The number of fused-ring (bicyclic) bond motifs is 7. The maximum atomic E-state index is 14.3. The van der Waals surface area contributed by atoms with Crippen LogP contribution in [-0.2, 0) is 24.7 Å². The summed E-state index contributed by atoms with van der Waals surface area (Å²) in [5.74, 6) is -3.92. The van der Waals surface area contributed by atoms with E-state index < -0.39 is 41.0 Å². The summed E-state index contributed by atoms with van der Waals surface area (Å²) in [5.41, 5.74) is 0.0981. The molecule has 0 saturated carbocycles. The summed E-state index contributed by atoms with van der Waals surface area (Å²) in [5, 5.41) is 2.82. The molecule has 1 spiro atoms. The highest BCUT2D eigenvalue weighted by molar-refractivity contribution is 6.25. The van der Waals surface area contributed by atoms with Gasteiger partial charge in [0.1, 0.15) is 11.4 Å². The second-order valence-corrected chi connectivity index (χ2v) is 9.10. The smallest absolute Gasteiger partial charge is 0.338 e. The lowest BCUT2D eigenvalue weighted by molar-refractivity contribution is -0.135. The number of carbonyl (C=O) groups excluding carboxylic acids is 4. The number of anilines is 2. The molecule has 4 aliphatic rings. The van der Waals surface area contributed by atoms with Crippen LogP contribution in [0.1, 0.15) is 35.7 Å². The van der Waals surface area contributed by atoms with Crippen LogP contribution in [0.25, 0.3) is 0 Å². The summed E-state index contributed by atoms with van der Waals surface area (Å²) in [6, 6.07) is 9.87. The summed E-state index contributed by atoms with van der Waals surface area (Å²) < 4.78 is 19.3. The Morgan fingerprint density at radius 2 is 1.91 bits per heavy atom. The molecule has 3 fully saturated rings. The first-order valence-electron chi connectivity index (χ1n) is 11.4. The molecular weight excluding hydrogens is 441 g/mol. The molecule has 6 rings (SSSR count). The zero-order valence-electron chi connectivity index (χ0n) is 18.4. The van der Waals surface area contributed by atoms with Gasteiger partial charge < -0.3 is 10.1 Å². The standard InChI is InChI=1S/C25H22FN3O5/c1-2-34-23(32)13-5-8-15(9-6-13)29-21(30)19-18-4-3-11-28(18)25(20(19)22(29)31)16-12-14(26)7-10-17(16)27-24(25)33/h5-10,12,18-20H,2-4,11H2,1H3,(H,27,33)/t18-,19-,20-,25+/m0/s1. The quantitative estimate of drug-likeness (QED) is 0.555. The van der Waals surface area contributed by atoms with Crippen molar-refractivity contribution in [3.8, 4) is 0 Å². The van der Waals surface area contributed by atoms with Crippen LogP contribution in [0, 0.1) is 17.7 Å². The summed E-state index contributed by atoms with van der Waals surface area (Å²) >= 11 is 0. The molecule has 0 radical (unpaired) electrons. The maximum Gasteiger partial charge on any atom is 0.338 e. The van der Waals surface area contributed by atoms with Crippen LogP contribution < -0.4 is 10.2 Å². The molecule has 4 heterocycles. The fourth-order valence-corrected chi connectivity index (χ4v) is 6.39. The first-order valence-corrected chi connectivity index (χ1v) is 11.4. The van der Waals surface area contributed by atoms with E-state index in [1.165, 1.54) is 42.5 Å². The number of nitrogens with one attached hydrogen (secondary N) is 1. The van der Waals surface area contributed by atoms with Crippen molar-refractivity contribution in [2.75, 3.05) is 23.4 Å². The molecule has 0 bridgehead atoms. The van der Waals surface area contributed by atoms with Crippen LogP contribution in [0.15, 0.2) is 42.5 Å². The molecule has 4 aliphatic heterocycles. The summed E-state index contributed by atoms with van der Waals surface area (Å²) in [4.78, 5) is 56.1. The molecule has 3 amide bonds. The number of imide groups is 1. The summed E-state index contributed by atoms with van der Waals surface area (Å²) in [6.45, 7) is 2.49. The molecule has 1 N–H and O–H groups in total. The average Bonchev–Trinajstić information content (AvgIpc) is 3.53. The van der Waals surface area contributed by atoms with Crippen LogP contribution >= 0.6 is 0 Å². The van der Waals surface area contributed by atoms with Crippen LogP contribution in [0.4, 0.5) is 15.8 Å². The fraction of sp³-hybridized carbons (Fsp3) is 0.360. The molecule has 2 aromatic carbocycles. The van der Waals surface area contributed by atoms with E-state index in [4.69, 9.17) is 4.74 Å². The van der Waals surface area contributed by atoms with Gasteiger partial charge >= 0.3 is 5.97 Å². The first-order chi connectivity index (χ1) is 16.4. The highest BCUT2D eigenvalue weighted by Gasteiger charge is 2.74. The van der Waals surface area contributed by atoms with Gasteiger partial charge in [0.15, 0.2) is 0 Å². The number of ether oxygens (including phenoxy) is 1. The van der Waals surface area contributed by atoms with Gasteiger partial charge in [0.2, 0.25) is 17.7 Å². The van der Waals surface area contributed by atoms with E-state index in [0.717, 1.165) is 11.3 Å². The van der Waals surface area contributed by atoms with Crippen molar-refractivity contribution in [1.82, 2.24) is 4.90 Å². The topological polar surface area (TPSA) is 96.0 Å². The third-order valence-electron chi connectivity index (χ3n) is 7.59. The van der Waals surface area contributed by atoms with E-state index in [1.54, 1.807) is 6.92 Å². The highest BCUT2D eigenvalue weighted by Crippen LogP contribution is 2.60. The number of hydrogen-bond acceptors (Lipinski definition) is 6. The van der Waals surface area contributed by atoms with Gasteiger partial charge in [-0.1, -0.05) is 0 Å². The minimum Gasteiger partial charge on any atom is -0.462 e. The minimum atomic E-state index is -1.42. The summed E-state index contributed by atoms with van der Waals surface area (Å²) in [6.07, 6.45) is 1.46. The Kier molecular flexibility index (Phi) is 4.44. The summed E-state index contributed by atoms with van der Waals surface area (Å²) in [7, 11) is 0. The van der Waals surface area contributed by atoms with Gasteiger partial charge in [-0.15, -0.1) is 0 Å². The average molecular weight is 463 g/mol. The zero-order chi connectivity index (χ0) is 23.8. The van der Waals surface area contributed by atoms with E-state index >= 15 is 0 Å². The predicted octanol–water partition coefficient (Wildman–Crippen LogP) is 2.43. The van der Waals surface area contributed by atoms with Crippen molar-refractivity contribution in [1.29, 1.82) is 0 Å². The lowest BCUT2D eigenvalue weighted by atomic mass is 9.75. The molecule has 4 atom stereocenters. The monoisotopic (exact) mass is 463 g/mol. The van der Waals surface area contributed by atoms with Gasteiger partial charge in [-0.2, -0.15) is 0 Å². The van der Waals surface area contributed by atoms with E-state index in [2.05, 4.69) is 5.32 Å². The maximum absolute atomic E-state index is 14.3. The van der Waals surface area contributed by atoms with E-state index in [1.807, 2.05) is 4.90 Å². The van der Waals surface area contributed by atoms with E-state index in [9.17, 15) is 23.6 Å². The number of hydrogen-bond donors (Lipinski definition) is 1. The van der Waals surface area contributed by atoms with Crippen LogP contribution in [-0.4, -0.2) is 47.8 Å². The Morgan fingerprint density at radius 3 is 2.65 bits per heavy atom. The third-order valence-corrected chi connectivity index (χ3v) is 7.59. The largest absolute Gasteiger partial charge is 0.462 e. The third kappa shape index (κ3) is 2.50. The van der Waals surface area contributed by atoms with E-state index in [-0.39, 0.29) is 18.6 Å². The van der Waals surface area contributed by atoms with Crippen molar-refractivity contribution < 1.29 is 28.3 Å². The Hall–Kier alpha value is -3.59. The number of esters is 1. The van der Waals surface area contributed by atoms with Gasteiger partial charge in [-0.3, -0.25) is 19.3 Å². The van der Waals surface area contributed by atoms with Crippen molar-refractivity contribution in [3.05, 3.63) is 59.4 Å². The molecule has 0 aliphatic carbocycles. The van der Waals surface area contributed by atoms with Crippen LogP contribution in [0.3, 0.4) is 0 Å². The van der Waals surface area contributed by atoms with Gasteiger partial charge in [0, 0.05) is 17.3 Å². The molecule has 174 valence electrons. The molecule has 9 heteroatoms. The van der Waals surface area contributed by atoms with E-state index in [0.29, 0.717) is 35.5 Å². The molecule has 34 heavy (non-hydrogen) atoms. The van der Waals surface area contributed by atoms with Crippen molar-refractivity contribution >= 4 is 35.1 Å².